The minimum Gasteiger partial charge on any atom is -0.475 e. The van der Waals surface area contributed by atoms with E-state index in [1.807, 2.05) is 24.3 Å². The summed E-state index contributed by atoms with van der Waals surface area (Å²) < 4.78 is 12.0. The van der Waals surface area contributed by atoms with E-state index in [-0.39, 0.29) is 22.9 Å². The van der Waals surface area contributed by atoms with Crippen LogP contribution in [-0.4, -0.2) is 47.1 Å². The van der Waals surface area contributed by atoms with Crippen LogP contribution < -0.4 is 0 Å². The monoisotopic (exact) mass is 406 g/mol. The zero-order valence-corrected chi connectivity index (χ0v) is 18.6. The topological polar surface area (TPSA) is 69.0 Å². The Labute approximate surface area is 178 Å². The summed E-state index contributed by atoms with van der Waals surface area (Å²) in [6.45, 7) is 14.2. The van der Waals surface area contributed by atoms with Gasteiger partial charge in [0.15, 0.2) is 0 Å². The average molecular weight is 407 g/mol. The van der Waals surface area contributed by atoms with Crippen LogP contribution in [0.3, 0.4) is 0 Å². The minimum atomic E-state index is 0.0364. The molecule has 0 spiro atoms. The van der Waals surface area contributed by atoms with Gasteiger partial charge in [-0.25, -0.2) is 9.98 Å². The van der Waals surface area contributed by atoms with Crippen LogP contribution >= 0.6 is 0 Å². The molecule has 0 fully saturated rings. The third kappa shape index (κ3) is 3.95. The van der Waals surface area contributed by atoms with Crippen LogP contribution in [0.1, 0.15) is 52.7 Å². The molecule has 158 valence electrons. The van der Waals surface area contributed by atoms with E-state index in [1.165, 1.54) is 0 Å². The van der Waals surface area contributed by atoms with Crippen LogP contribution in [0.2, 0.25) is 0 Å². The predicted octanol–water partition coefficient (Wildman–Crippen LogP) is 4.53. The number of aromatic nitrogens is 2. The Morgan fingerprint density at radius 2 is 1.10 bits per heavy atom. The number of rotatable bonds is 3. The molecule has 2 aliphatic heterocycles. The highest BCUT2D eigenvalue weighted by Crippen LogP contribution is 2.32. The Morgan fingerprint density at radius 1 is 0.700 bits per heavy atom. The molecule has 6 nitrogen and oxygen atoms in total. The smallest absolute Gasteiger partial charge is 0.218 e. The van der Waals surface area contributed by atoms with Crippen molar-refractivity contribution < 1.29 is 9.47 Å². The van der Waals surface area contributed by atoms with Gasteiger partial charge in [0.25, 0.3) is 0 Å². The van der Waals surface area contributed by atoms with Gasteiger partial charge < -0.3 is 9.47 Å². The van der Waals surface area contributed by atoms with E-state index in [0.717, 1.165) is 22.5 Å². The van der Waals surface area contributed by atoms with Crippen molar-refractivity contribution in [3.05, 3.63) is 47.8 Å². The second-order valence-corrected chi connectivity index (χ2v) is 10.1. The van der Waals surface area contributed by atoms with Gasteiger partial charge in [-0.2, -0.15) is 0 Å². The van der Waals surface area contributed by atoms with Crippen molar-refractivity contribution in [2.45, 2.75) is 53.6 Å². The van der Waals surface area contributed by atoms with Gasteiger partial charge in [0.2, 0.25) is 11.8 Å². The van der Waals surface area contributed by atoms with Crippen molar-refractivity contribution >= 4 is 11.8 Å². The van der Waals surface area contributed by atoms with Gasteiger partial charge in [-0.15, -0.1) is 0 Å². The molecule has 2 unspecified atom stereocenters. The molecule has 0 bridgehead atoms. The number of hydrogen-bond acceptors (Lipinski definition) is 6. The maximum atomic E-state index is 5.99. The molecule has 2 atom stereocenters. The molecule has 0 saturated heterocycles. The van der Waals surface area contributed by atoms with Gasteiger partial charge in [-0.3, -0.25) is 9.97 Å². The van der Waals surface area contributed by atoms with Crippen molar-refractivity contribution in [3.63, 3.8) is 0 Å². The van der Waals surface area contributed by atoms with Crippen molar-refractivity contribution in [1.82, 2.24) is 9.97 Å². The summed E-state index contributed by atoms with van der Waals surface area (Å²) in [7, 11) is 0. The van der Waals surface area contributed by atoms with Crippen molar-refractivity contribution in [2.24, 2.45) is 20.8 Å². The third-order valence-electron chi connectivity index (χ3n) is 5.60. The molecule has 0 saturated carbocycles. The Kier molecular flexibility index (Phi) is 5.12. The van der Waals surface area contributed by atoms with Crippen LogP contribution in [0.5, 0.6) is 0 Å². The molecule has 30 heavy (non-hydrogen) atoms. The molecule has 0 aliphatic carbocycles. The second kappa shape index (κ2) is 7.49. The first-order chi connectivity index (χ1) is 14.1. The number of aliphatic imine (C=N–C) groups is 2. The molecule has 6 heteroatoms. The lowest BCUT2D eigenvalue weighted by molar-refractivity contribution is 0.235. The fourth-order valence-electron chi connectivity index (χ4n) is 3.46. The number of pyridine rings is 2. The van der Waals surface area contributed by atoms with E-state index in [1.54, 1.807) is 12.4 Å². The number of hydrogen-bond donors (Lipinski definition) is 0. The summed E-state index contributed by atoms with van der Waals surface area (Å²) in [5.74, 6) is 1.24. The Bertz CT molecular complexity index is 917. The Hall–Kier alpha value is -2.76. The van der Waals surface area contributed by atoms with E-state index in [9.17, 15) is 0 Å². The van der Waals surface area contributed by atoms with Crippen LogP contribution in [0.15, 0.2) is 46.6 Å². The molecule has 4 rings (SSSR count). The molecule has 0 aromatic carbocycles. The van der Waals surface area contributed by atoms with Crippen LogP contribution in [0, 0.1) is 10.8 Å². The highest BCUT2D eigenvalue weighted by Gasteiger charge is 2.34. The highest BCUT2D eigenvalue weighted by atomic mass is 16.5. The standard InChI is InChI=1S/C24H30N4O2/c1-23(2,3)17-13-29-21(27-17)15-9-7-11-25-19(15)20-16(10-8-12-26-20)22-28-18(14-30-22)24(4,5)6/h7-12,17-18H,13-14H2,1-6H3. The summed E-state index contributed by atoms with van der Waals surface area (Å²) in [5, 5.41) is 0. The van der Waals surface area contributed by atoms with Crippen LogP contribution in [0.4, 0.5) is 0 Å². The molecule has 2 aliphatic rings. The quantitative estimate of drug-likeness (QED) is 0.751. The fraction of sp³-hybridized carbons (Fsp3) is 0.500. The van der Waals surface area contributed by atoms with E-state index >= 15 is 0 Å². The van der Waals surface area contributed by atoms with E-state index in [4.69, 9.17) is 19.5 Å². The molecule has 0 radical (unpaired) electrons. The van der Waals surface area contributed by atoms with Gasteiger partial charge in [0.05, 0.1) is 23.2 Å². The lowest BCUT2D eigenvalue weighted by Gasteiger charge is -2.21. The van der Waals surface area contributed by atoms with E-state index < -0.39 is 0 Å². The molecule has 2 aromatic rings. The van der Waals surface area contributed by atoms with E-state index in [2.05, 4.69) is 51.5 Å². The largest absolute Gasteiger partial charge is 0.475 e. The maximum absolute atomic E-state index is 5.99. The van der Waals surface area contributed by atoms with Crippen LogP contribution in [0.25, 0.3) is 11.4 Å². The first-order valence-electron chi connectivity index (χ1n) is 10.5. The number of nitrogens with zero attached hydrogens (tertiary/aromatic N) is 4. The van der Waals surface area contributed by atoms with Gasteiger partial charge in [0, 0.05) is 12.4 Å². The van der Waals surface area contributed by atoms with Gasteiger partial charge in [-0.05, 0) is 35.1 Å². The summed E-state index contributed by atoms with van der Waals surface area (Å²) >= 11 is 0. The van der Waals surface area contributed by atoms with Gasteiger partial charge in [-0.1, -0.05) is 41.5 Å². The molecule has 4 heterocycles. The zero-order valence-electron chi connectivity index (χ0n) is 18.6. The first kappa shape index (κ1) is 20.5. The van der Waals surface area contributed by atoms with Crippen molar-refractivity contribution in [1.29, 1.82) is 0 Å². The summed E-state index contributed by atoms with van der Waals surface area (Å²) in [6, 6.07) is 7.99. The number of ether oxygens (including phenoxy) is 2. The fourth-order valence-corrected chi connectivity index (χ4v) is 3.46. The first-order valence-corrected chi connectivity index (χ1v) is 10.5. The Morgan fingerprint density at radius 3 is 1.43 bits per heavy atom. The normalized spacial score (nSPS) is 21.7. The zero-order chi connectivity index (χ0) is 21.5. The third-order valence-corrected chi connectivity index (χ3v) is 5.60. The maximum Gasteiger partial charge on any atom is 0.218 e. The second-order valence-electron chi connectivity index (χ2n) is 10.1. The molecular weight excluding hydrogens is 376 g/mol. The van der Waals surface area contributed by atoms with Crippen LogP contribution in [-0.2, 0) is 9.47 Å². The van der Waals surface area contributed by atoms with Gasteiger partial charge >= 0.3 is 0 Å². The predicted molar refractivity (Wildman–Crippen MR) is 119 cm³/mol. The van der Waals surface area contributed by atoms with Crippen molar-refractivity contribution in [2.75, 3.05) is 13.2 Å². The molecule has 2 aromatic heterocycles. The molecule has 0 amide bonds. The summed E-state index contributed by atoms with van der Waals surface area (Å²) in [6.07, 6.45) is 3.53. The molecule has 0 N–H and O–H groups in total. The summed E-state index contributed by atoms with van der Waals surface area (Å²) in [4.78, 5) is 19.0. The average Bonchev–Trinajstić information content (AvgIpc) is 3.37. The Balaban J connectivity index is 1.76. The van der Waals surface area contributed by atoms with Gasteiger partial charge in [0.1, 0.15) is 24.6 Å². The van der Waals surface area contributed by atoms with Crippen molar-refractivity contribution in [3.8, 4) is 11.4 Å². The summed E-state index contributed by atoms with van der Waals surface area (Å²) in [5.41, 5.74) is 3.22. The minimum absolute atomic E-state index is 0.0364. The molecular formula is C24H30N4O2. The lowest BCUT2D eigenvalue weighted by Crippen LogP contribution is -2.25. The highest BCUT2D eigenvalue weighted by molar-refractivity contribution is 6.05. The lowest BCUT2D eigenvalue weighted by atomic mass is 9.88. The SMILES string of the molecule is CC(C)(C)C1COC(c2cccnc2-c2ncccc2C2=NC(C(C)(C)C)CO2)=N1. The van der Waals surface area contributed by atoms with E-state index in [0.29, 0.717) is 25.0 Å².